The third kappa shape index (κ3) is 4.14. The first-order valence-electron chi connectivity index (χ1n) is 14.7. The van der Waals surface area contributed by atoms with E-state index < -0.39 is 33.2 Å². The van der Waals surface area contributed by atoms with Gasteiger partial charge < -0.3 is 14.6 Å². The van der Waals surface area contributed by atoms with Crippen molar-refractivity contribution in [3.8, 4) is 11.5 Å². The van der Waals surface area contributed by atoms with Gasteiger partial charge in [0.15, 0.2) is 11.5 Å². The van der Waals surface area contributed by atoms with Crippen LogP contribution in [0.3, 0.4) is 0 Å². The average Bonchev–Trinajstić information content (AvgIpc) is 3.31. The Morgan fingerprint density at radius 2 is 1.85 bits per heavy atom. The quantitative estimate of drug-likeness (QED) is 0.425. The van der Waals surface area contributed by atoms with Gasteiger partial charge in [-0.25, -0.2) is 13.1 Å². The number of sulfonamides is 1. The van der Waals surface area contributed by atoms with E-state index in [4.69, 9.17) is 9.47 Å². The van der Waals surface area contributed by atoms with Crippen molar-refractivity contribution in [2.75, 3.05) is 20.2 Å². The van der Waals surface area contributed by atoms with Crippen molar-refractivity contribution < 1.29 is 23.0 Å². The van der Waals surface area contributed by atoms with E-state index >= 15 is 0 Å². The van der Waals surface area contributed by atoms with E-state index in [1.807, 2.05) is 43.3 Å². The average molecular weight is 575 g/mol. The first-order valence-corrected chi connectivity index (χ1v) is 16.3. The third-order valence-corrected chi connectivity index (χ3v) is 11.6. The van der Waals surface area contributed by atoms with E-state index in [2.05, 4.69) is 40.0 Å². The molecule has 5 atom stereocenters. The molecule has 1 saturated carbocycles. The number of nitrogens with zero attached hydrogens (tertiary/aromatic N) is 1. The molecule has 0 amide bonds. The number of rotatable bonds is 8. The summed E-state index contributed by atoms with van der Waals surface area (Å²) in [6, 6.07) is 21.6. The van der Waals surface area contributed by atoms with Crippen LogP contribution in [0.1, 0.15) is 47.1 Å². The highest BCUT2D eigenvalue weighted by Crippen LogP contribution is 2.65. The van der Waals surface area contributed by atoms with E-state index in [1.54, 1.807) is 7.11 Å². The summed E-state index contributed by atoms with van der Waals surface area (Å²) in [5, 5.41) is 12.8. The maximum atomic E-state index is 13.5. The van der Waals surface area contributed by atoms with Gasteiger partial charge in [-0.1, -0.05) is 60.7 Å². The molecule has 2 aliphatic heterocycles. The second-order valence-corrected chi connectivity index (χ2v) is 14.0. The fourth-order valence-electron chi connectivity index (χ4n) is 8.34. The molecule has 0 radical (unpaired) electrons. The lowest BCUT2D eigenvalue weighted by Gasteiger charge is -2.64. The lowest BCUT2D eigenvalue weighted by atomic mass is 9.48. The van der Waals surface area contributed by atoms with E-state index in [0.29, 0.717) is 30.8 Å². The monoisotopic (exact) mass is 574 g/mol. The molecule has 2 N–H and O–H groups in total. The summed E-state index contributed by atoms with van der Waals surface area (Å²) in [5.74, 6) is 1.23. The highest BCUT2D eigenvalue weighted by Gasteiger charge is 2.73. The minimum atomic E-state index is -3.66. The second kappa shape index (κ2) is 9.83. The number of aliphatic hydroxyl groups is 1. The molecule has 8 heteroatoms. The number of ether oxygens (including phenoxy) is 2. The number of likely N-dealkylation sites (tertiary alicyclic amines) is 1. The van der Waals surface area contributed by atoms with Gasteiger partial charge in [0.2, 0.25) is 10.0 Å². The van der Waals surface area contributed by atoms with Gasteiger partial charge in [-0.2, -0.15) is 0 Å². The number of aryl methyl sites for hydroxylation is 1. The van der Waals surface area contributed by atoms with Crippen LogP contribution in [0, 0.1) is 6.92 Å². The first kappa shape index (κ1) is 27.0. The molecule has 2 fully saturated rings. The van der Waals surface area contributed by atoms with Crippen molar-refractivity contribution in [2.45, 2.75) is 74.0 Å². The SMILES string of the molecule is COc1ccc2c3c1O[C@H]1[C@H](NS(=O)(=O)Cc4ccccc4C)CC[C@@]4(O)[C@@H](C2)N(CCc2ccccc2)CC[C@]314. The molecule has 7 rings (SSSR count). The number of benzene rings is 3. The zero-order valence-electron chi connectivity index (χ0n) is 23.7. The molecule has 0 unspecified atom stereocenters. The Morgan fingerprint density at radius 1 is 1.07 bits per heavy atom. The van der Waals surface area contributed by atoms with E-state index in [1.165, 1.54) is 11.1 Å². The highest BCUT2D eigenvalue weighted by atomic mass is 32.2. The predicted octanol–water partition coefficient (Wildman–Crippen LogP) is 3.89. The van der Waals surface area contributed by atoms with Crippen LogP contribution in [0.15, 0.2) is 66.7 Å². The van der Waals surface area contributed by atoms with Crippen molar-refractivity contribution in [3.63, 3.8) is 0 Å². The van der Waals surface area contributed by atoms with Crippen LogP contribution in [-0.4, -0.2) is 62.4 Å². The van der Waals surface area contributed by atoms with Crippen molar-refractivity contribution >= 4 is 10.0 Å². The van der Waals surface area contributed by atoms with Gasteiger partial charge in [0.25, 0.3) is 0 Å². The summed E-state index contributed by atoms with van der Waals surface area (Å²) >= 11 is 0. The van der Waals surface area contributed by atoms with Gasteiger partial charge in [-0.3, -0.25) is 4.90 Å². The van der Waals surface area contributed by atoms with Crippen LogP contribution in [0.4, 0.5) is 0 Å². The maximum absolute atomic E-state index is 13.5. The summed E-state index contributed by atoms with van der Waals surface area (Å²) in [4.78, 5) is 2.46. The minimum Gasteiger partial charge on any atom is -0.493 e. The molecule has 2 bridgehead atoms. The molecule has 1 saturated heterocycles. The first-order chi connectivity index (χ1) is 19.8. The van der Waals surface area contributed by atoms with Crippen LogP contribution in [0.5, 0.6) is 11.5 Å². The van der Waals surface area contributed by atoms with Crippen LogP contribution < -0.4 is 14.2 Å². The minimum absolute atomic E-state index is 0.0672. The topological polar surface area (TPSA) is 88.1 Å². The summed E-state index contributed by atoms with van der Waals surface area (Å²) in [6.07, 6.45) is 2.85. The van der Waals surface area contributed by atoms with Crippen molar-refractivity contribution in [1.29, 1.82) is 0 Å². The zero-order chi connectivity index (χ0) is 28.4. The van der Waals surface area contributed by atoms with Gasteiger partial charge in [0.1, 0.15) is 6.10 Å². The summed E-state index contributed by atoms with van der Waals surface area (Å²) in [7, 11) is -2.03. The van der Waals surface area contributed by atoms with Gasteiger partial charge >= 0.3 is 0 Å². The molecular formula is C33H38N2O5S. The molecule has 4 aliphatic rings. The fourth-order valence-corrected chi connectivity index (χ4v) is 9.86. The molecule has 0 aromatic heterocycles. The molecule has 2 heterocycles. The largest absolute Gasteiger partial charge is 0.493 e. The van der Waals surface area contributed by atoms with Crippen LogP contribution in [0.2, 0.25) is 0 Å². The van der Waals surface area contributed by atoms with E-state index in [9.17, 15) is 13.5 Å². The number of piperidine rings is 1. The van der Waals surface area contributed by atoms with Crippen molar-refractivity contribution in [3.05, 3.63) is 94.5 Å². The number of nitrogens with one attached hydrogen (secondary N) is 1. The Morgan fingerprint density at radius 3 is 2.63 bits per heavy atom. The van der Waals surface area contributed by atoms with Crippen molar-refractivity contribution in [2.24, 2.45) is 0 Å². The van der Waals surface area contributed by atoms with Gasteiger partial charge in [-0.15, -0.1) is 0 Å². The third-order valence-electron chi connectivity index (χ3n) is 10.2. The Balaban J connectivity index is 1.24. The fraction of sp³-hybridized carbons (Fsp3) is 0.455. The molecule has 41 heavy (non-hydrogen) atoms. The molecule has 7 nitrogen and oxygen atoms in total. The lowest BCUT2D eigenvalue weighted by molar-refractivity contribution is -0.189. The van der Waals surface area contributed by atoms with E-state index in [0.717, 1.165) is 42.6 Å². The maximum Gasteiger partial charge on any atom is 0.216 e. The Hall–Kier alpha value is -2.91. The van der Waals surface area contributed by atoms with E-state index in [-0.39, 0.29) is 11.8 Å². The molecule has 3 aromatic rings. The Bertz CT molecular complexity index is 1580. The summed E-state index contributed by atoms with van der Waals surface area (Å²) in [5.41, 5.74) is 3.50. The van der Waals surface area contributed by atoms with Gasteiger partial charge in [-0.05, 0) is 73.9 Å². The second-order valence-electron chi connectivity index (χ2n) is 12.3. The number of hydrogen-bond donors (Lipinski definition) is 2. The summed E-state index contributed by atoms with van der Waals surface area (Å²) in [6.45, 7) is 3.62. The Labute approximate surface area is 242 Å². The van der Waals surface area contributed by atoms with Crippen LogP contribution >= 0.6 is 0 Å². The molecule has 2 aliphatic carbocycles. The lowest BCUT2D eigenvalue weighted by Crippen LogP contribution is -2.78. The van der Waals surface area contributed by atoms with Crippen LogP contribution in [-0.2, 0) is 34.0 Å². The van der Waals surface area contributed by atoms with Crippen molar-refractivity contribution in [1.82, 2.24) is 9.62 Å². The molecule has 3 aromatic carbocycles. The smallest absolute Gasteiger partial charge is 0.216 e. The number of hydrogen-bond acceptors (Lipinski definition) is 6. The predicted molar refractivity (Wildman–Crippen MR) is 158 cm³/mol. The summed E-state index contributed by atoms with van der Waals surface area (Å²) < 4.78 is 42.5. The highest BCUT2D eigenvalue weighted by molar-refractivity contribution is 7.88. The van der Waals surface area contributed by atoms with Gasteiger partial charge in [0.05, 0.1) is 29.9 Å². The Kier molecular flexibility index (Phi) is 6.47. The van der Waals surface area contributed by atoms with Gasteiger partial charge in [0, 0.05) is 18.2 Å². The molecule has 1 spiro atoms. The normalized spacial score (nSPS) is 30.0. The van der Waals surface area contributed by atoms with Crippen LogP contribution in [0.25, 0.3) is 0 Å². The molecule has 216 valence electrons. The standard InChI is InChI=1S/C33H38N2O5S/c1-22-8-6-7-11-25(22)21-41(37,38)34-26-14-16-33(36)28-20-24-12-13-27(39-2)30-29(24)32(33,31(26)40-30)17-19-35(28)18-15-23-9-4-3-5-10-23/h3-13,26,28,31,34,36H,14-21H2,1-2H3/t26-,28-,31+,32+,33-/m1/s1. The molecular weight excluding hydrogens is 536 g/mol. The zero-order valence-corrected chi connectivity index (χ0v) is 24.5. The number of methoxy groups -OCH3 is 1.